The third-order valence-corrected chi connectivity index (χ3v) is 14.7. The molecule has 2 aromatic rings. The Kier molecular flexibility index (Phi) is 8.64. The number of benzene rings is 2. The monoisotopic (exact) mass is 621 g/mol. The molecule has 2 aromatic carbocycles. The SMILES string of the molecule is CC(C)CCC[C@@H](C)[C@H]1CC[C@H]2[C@@H]3CC[C@H]4CC(=O)/C(=C5/SC=C(c6ccccc6)N5c5ccccc5)C[C@]4(C)[C@H]3CC[C@]12C. The van der Waals surface area contributed by atoms with E-state index in [1.165, 1.54) is 69.0 Å². The van der Waals surface area contributed by atoms with Crippen LogP contribution in [0.4, 0.5) is 5.69 Å². The van der Waals surface area contributed by atoms with Crippen molar-refractivity contribution in [3.63, 3.8) is 0 Å². The largest absolute Gasteiger partial charge is 0.303 e. The highest BCUT2D eigenvalue weighted by Crippen LogP contribution is 2.69. The number of Topliss-reactive ketones (excluding diaryl/α,β-unsaturated/α-hetero) is 1. The maximum Gasteiger partial charge on any atom is 0.161 e. The zero-order valence-corrected chi connectivity index (χ0v) is 29.3. The van der Waals surface area contributed by atoms with Gasteiger partial charge in [0, 0.05) is 23.1 Å². The van der Waals surface area contributed by atoms with E-state index in [0.29, 0.717) is 17.1 Å². The van der Waals surface area contributed by atoms with Gasteiger partial charge >= 0.3 is 0 Å². The first-order chi connectivity index (χ1) is 21.7. The summed E-state index contributed by atoms with van der Waals surface area (Å²) in [6.07, 6.45) is 14.1. The van der Waals surface area contributed by atoms with Gasteiger partial charge in [-0.05, 0) is 115 Å². The van der Waals surface area contributed by atoms with Crippen LogP contribution in [0.2, 0.25) is 0 Å². The topological polar surface area (TPSA) is 20.3 Å². The van der Waals surface area contributed by atoms with E-state index >= 15 is 0 Å². The van der Waals surface area contributed by atoms with Crippen molar-refractivity contribution in [2.75, 3.05) is 4.90 Å². The van der Waals surface area contributed by atoms with E-state index in [9.17, 15) is 4.79 Å². The van der Waals surface area contributed by atoms with Gasteiger partial charge in [-0.2, -0.15) is 0 Å². The number of rotatable bonds is 7. The van der Waals surface area contributed by atoms with Crippen molar-refractivity contribution in [3.05, 3.63) is 82.2 Å². The van der Waals surface area contributed by atoms with Crippen molar-refractivity contribution >= 4 is 28.9 Å². The minimum Gasteiger partial charge on any atom is -0.303 e. The summed E-state index contributed by atoms with van der Waals surface area (Å²) in [5.74, 6) is 5.94. The quantitative estimate of drug-likeness (QED) is 0.287. The van der Waals surface area contributed by atoms with Gasteiger partial charge in [0.2, 0.25) is 0 Å². The van der Waals surface area contributed by atoms with Crippen LogP contribution in [0.25, 0.3) is 5.70 Å². The number of fused-ring (bicyclic) bond motifs is 5. The van der Waals surface area contributed by atoms with Crippen molar-refractivity contribution < 1.29 is 4.79 Å². The second-order valence-corrected chi connectivity index (χ2v) is 17.3. The minimum atomic E-state index is 0.208. The zero-order valence-electron chi connectivity index (χ0n) is 28.4. The molecule has 4 fully saturated rings. The Morgan fingerprint density at radius 2 is 1.56 bits per heavy atom. The standard InChI is InChI=1S/C42H55NOS/c1-28(2)13-12-14-29(3)35-21-22-36-33-20-19-31-25-39(44)34(26-42(31,5)37(33)23-24-41(35,36)4)40-43(32-17-10-7-11-18-32)38(27-45-40)30-15-8-6-9-16-30/h6-11,15-18,27-29,31,33,35-37H,12-14,19-26H2,1-5H3/b40-34+/t29-,31+,33+,35-,36+,37+,41-,42+/m1/s1. The normalized spacial score (nSPS) is 36.8. The lowest BCUT2D eigenvalue weighted by Crippen LogP contribution is -2.54. The van der Waals surface area contributed by atoms with E-state index in [0.717, 1.165) is 64.6 Å². The Morgan fingerprint density at radius 3 is 2.29 bits per heavy atom. The summed E-state index contributed by atoms with van der Waals surface area (Å²) < 4.78 is 0. The maximum absolute atomic E-state index is 14.1. The lowest BCUT2D eigenvalue weighted by Gasteiger charge is -2.61. The minimum absolute atomic E-state index is 0.208. The van der Waals surface area contributed by atoms with Gasteiger partial charge in [-0.3, -0.25) is 4.79 Å². The Balaban J connectivity index is 1.17. The molecule has 5 aliphatic rings. The first kappa shape index (κ1) is 31.3. The average Bonchev–Trinajstić information content (AvgIpc) is 3.63. The van der Waals surface area contributed by atoms with E-state index in [2.05, 4.69) is 106 Å². The zero-order chi connectivity index (χ0) is 31.3. The van der Waals surface area contributed by atoms with Gasteiger partial charge in [-0.1, -0.05) is 114 Å². The van der Waals surface area contributed by atoms with Gasteiger partial charge < -0.3 is 4.90 Å². The summed E-state index contributed by atoms with van der Waals surface area (Å²) >= 11 is 1.78. The molecule has 0 amide bonds. The van der Waals surface area contributed by atoms with Crippen LogP contribution in [-0.2, 0) is 4.79 Å². The fraction of sp³-hybridized carbons (Fsp3) is 0.595. The lowest BCUT2D eigenvalue weighted by atomic mass is 9.44. The first-order valence-electron chi connectivity index (χ1n) is 18.2. The first-order valence-corrected chi connectivity index (χ1v) is 19.1. The van der Waals surface area contributed by atoms with Crippen LogP contribution in [0, 0.1) is 52.3 Å². The van der Waals surface area contributed by atoms with Crippen LogP contribution < -0.4 is 4.90 Å². The smallest absolute Gasteiger partial charge is 0.161 e. The summed E-state index contributed by atoms with van der Waals surface area (Å²) in [6, 6.07) is 21.4. The second kappa shape index (κ2) is 12.4. The van der Waals surface area contributed by atoms with Crippen molar-refractivity contribution in [1.29, 1.82) is 0 Å². The Morgan fingerprint density at radius 1 is 0.844 bits per heavy atom. The maximum atomic E-state index is 14.1. The highest BCUT2D eigenvalue weighted by molar-refractivity contribution is 8.06. The van der Waals surface area contributed by atoms with E-state index in [-0.39, 0.29) is 5.41 Å². The van der Waals surface area contributed by atoms with Crippen molar-refractivity contribution in [1.82, 2.24) is 0 Å². The molecular weight excluding hydrogens is 567 g/mol. The van der Waals surface area contributed by atoms with E-state index < -0.39 is 0 Å². The van der Waals surface area contributed by atoms with E-state index in [1.807, 2.05) is 0 Å². The van der Waals surface area contributed by atoms with Gasteiger partial charge in [0.05, 0.1) is 10.7 Å². The molecule has 4 saturated carbocycles. The third-order valence-electron chi connectivity index (χ3n) is 13.7. The highest BCUT2D eigenvalue weighted by atomic mass is 32.2. The number of allylic oxidation sites excluding steroid dienone is 1. The molecule has 4 aliphatic carbocycles. The Hall–Kier alpha value is -2.26. The summed E-state index contributed by atoms with van der Waals surface area (Å²) in [6.45, 7) is 12.7. The fourth-order valence-corrected chi connectivity index (χ4v) is 12.5. The van der Waals surface area contributed by atoms with Crippen molar-refractivity contribution in [2.24, 2.45) is 52.3 Å². The average molecular weight is 622 g/mol. The van der Waals surface area contributed by atoms with Crippen molar-refractivity contribution in [2.45, 2.75) is 105 Å². The molecule has 1 aliphatic heterocycles. The number of ketones is 1. The number of para-hydroxylation sites is 1. The summed E-state index contributed by atoms with van der Waals surface area (Å²) in [5, 5.41) is 3.44. The summed E-state index contributed by atoms with van der Waals surface area (Å²) in [4.78, 5) is 16.5. The van der Waals surface area contributed by atoms with E-state index in [4.69, 9.17) is 0 Å². The van der Waals surface area contributed by atoms with E-state index in [1.54, 1.807) is 11.8 Å². The number of hydrogen-bond donors (Lipinski definition) is 0. The predicted octanol–water partition coefficient (Wildman–Crippen LogP) is 11.8. The van der Waals surface area contributed by atoms with Gasteiger partial charge in [0.25, 0.3) is 0 Å². The number of carbonyl (C=O) groups excluding carboxylic acids is 1. The van der Waals surface area contributed by atoms with Crippen LogP contribution in [0.1, 0.15) is 111 Å². The summed E-state index contributed by atoms with van der Waals surface area (Å²) in [5.41, 5.74) is 5.35. The molecule has 8 atom stereocenters. The predicted molar refractivity (Wildman–Crippen MR) is 191 cm³/mol. The molecule has 3 heteroatoms. The number of carbonyl (C=O) groups is 1. The molecule has 45 heavy (non-hydrogen) atoms. The Labute approximate surface area is 277 Å². The second-order valence-electron chi connectivity index (χ2n) is 16.4. The molecule has 1 heterocycles. The Bertz CT molecular complexity index is 1440. The molecule has 0 unspecified atom stereocenters. The number of anilines is 1. The van der Waals surface area contributed by atoms with Crippen LogP contribution in [0.3, 0.4) is 0 Å². The number of hydrogen-bond acceptors (Lipinski definition) is 3. The van der Waals surface area contributed by atoms with Gasteiger partial charge in [-0.25, -0.2) is 0 Å². The van der Waals surface area contributed by atoms with Crippen LogP contribution >= 0.6 is 11.8 Å². The molecule has 0 radical (unpaired) electrons. The van der Waals surface area contributed by atoms with Crippen LogP contribution in [-0.4, -0.2) is 5.78 Å². The molecule has 7 rings (SSSR count). The molecule has 0 N–H and O–H groups in total. The van der Waals surface area contributed by atoms with Gasteiger partial charge in [-0.15, -0.1) is 0 Å². The van der Waals surface area contributed by atoms with Crippen LogP contribution in [0.15, 0.2) is 76.7 Å². The molecule has 0 aromatic heterocycles. The van der Waals surface area contributed by atoms with Crippen LogP contribution in [0.5, 0.6) is 0 Å². The number of thioether (sulfide) groups is 1. The lowest BCUT2D eigenvalue weighted by molar-refractivity contribution is -0.133. The molecule has 0 saturated heterocycles. The van der Waals surface area contributed by atoms with Gasteiger partial charge in [0.1, 0.15) is 0 Å². The molecule has 240 valence electrons. The third kappa shape index (κ3) is 5.47. The fourth-order valence-electron chi connectivity index (χ4n) is 11.4. The van der Waals surface area contributed by atoms with Gasteiger partial charge in [0.15, 0.2) is 5.78 Å². The highest BCUT2D eigenvalue weighted by Gasteiger charge is 2.61. The molecule has 2 nitrogen and oxygen atoms in total. The number of nitrogens with zero attached hydrogens (tertiary/aromatic N) is 1. The molecular formula is C42H55NOS. The molecule has 0 spiro atoms. The summed E-state index contributed by atoms with van der Waals surface area (Å²) in [7, 11) is 0. The van der Waals surface area contributed by atoms with Crippen molar-refractivity contribution in [3.8, 4) is 0 Å². The molecule has 0 bridgehead atoms.